The number of aliphatic imine (C=N–C) groups is 1. The fourth-order valence-corrected chi connectivity index (χ4v) is 1.92. The first-order valence-electron chi connectivity index (χ1n) is 5.07. The predicted molar refractivity (Wildman–Crippen MR) is 55.2 cm³/mol. The molecule has 1 aromatic rings. The molecule has 1 aliphatic rings. The summed E-state index contributed by atoms with van der Waals surface area (Å²) >= 11 is 0. The molecule has 0 heterocycles. The van der Waals surface area contributed by atoms with E-state index in [-0.39, 0.29) is 5.56 Å². The zero-order valence-electron chi connectivity index (χ0n) is 8.84. The number of aryl methyl sites for hydroxylation is 1. The van der Waals surface area contributed by atoms with E-state index in [1.165, 1.54) is 18.2 Å². The van der Waals surface area contributed by atoms with Crippen molar-refractivity contribution in [3.63, 3.8) is 0 Å². The first-order valence-corrected chi connectivity index (χ1v) is 5.07. The molecule has 0 radical (unpaired) electrons. The number of carbonyl (C=O) groups excluding carboxylic acids is 1. The van der Waals surface area contributed by atoms with Crippen LogP contribution in [0.15, 0.2) is 23.2 Å². The fraction of sp³-hybridized carbons (Fsp3) is 0.417. The summed E-state index contributed by atoms with van der Waals surface area (Å²) in [5.41, 5.74) is 1.03. The van der Waals surface area contributed by atoms with Gasteiger partial charge in [0.1, 0.15) is 0 Å². The van der Waals surface area contributed by atoms with Crippen LogP contribution in [0, 0.1) is 6.92 Å². The third-order valence-corrected chi connectivity index (χ3v) is 3.00. The highest BCUT2D eigenvalue weighted by molar-refractivity contribution is 5.45. The molecule has 1 aromatic carbocycles. The summed E-state index contributed by atoms with van der Waals surface area (Å²) in [6.45, 7) is 1.84. The number of isocyanates is 1. The second-order valence-electron chi connectivity index (χ2n) is 4.11. The SMILES string of the molecule is Cc1ccc(C(F)F)cc1C1(N=C=O)CC1. The molecule has 1 aliphatic carbocycles. The number of benzene rings is 1. The normalized spacial score (nSPS) is 17.0. The lowest BCUT2D eigenvalue weighted by Gasteiger charge is -2.13. The smallest absolute Gasteiger partial charge is 0.211 e. The first-order chi connectivity index (χ1) is 7.59. The van der Waals surface area contributed by atoms with Gasteiger partial charge >= 0.3 is 0 Å². The maximum Gasteiger partial charge on any atom is 0.263 e. The summed E-state index contributed by atoms with van der Waals surface area (Å²) in [4.78, 5) is 14.1. The molecule has 0 N–H and O–H groups in total. The minimum Gasteiger partial charge on any atom is -0.211 e. The van der Waals surface area contributed by atoms with Gasteiger partial charge in [-0.05, 0) is 37.0 Å². The number of rotatable bonds is 3. The standard InChI is InChI=1S/C12H11F2NO/c1-8-2-3-9(11(13)14)6-10(8)12(4-5-12)15-7-16/h2-3,6,11H,4-5H2,1H3. The lowest BCUT2D eigenvalue weighted by Crippen LogP contribution is -2.06. The monoisotopic (exact) mass is 223 g/mol. The summed E-state index contributed by atoms with van der Waals surface area (Å²) in [5.74, 6) is 0. The molecule has 0 aromatic heterocycles. The van der Waals surface area contributed by atoms with Crippen LogP contribution in [-0.4, -0.2) is 6.08 Å². The van der Waals surface area contributed by atoms with Crippen LogP contribution in [0.2, 0.25) is 0 Å². The van der Waals surface area contributed by atoms with Crippen molar-refractivity contribution in [1.29, 1.82) is 0 Å². The molecule has 16 heavy (non-hydrogen) atoms. The Labute approximate surface area is 92.0 Å². The summed E-state index contributed by atoms with van der Waals surface area (Å²) < 4.78 is 25.1. The Kier molecular flexibility index (Phi) is 2.60. The molecule has 1 saturated carbocycles. The average molecular weight is 223 g/mol. The van der Waals surface area contributed by atoms with Gasteiger partial charge in [-0.3, -0.25) is 0 Å². The Balaban J connectivity index is 2.47. The van der Waals surface area contributed by atoms with Gasteiger partial charge in [0.25, 0.3) is 6.43 Å². The maximum absolute atomic E-state index is 12.6. The third kappa shape index (κ3) is 1.76. The molecule has 2 nitrogen and oxygen atoms in total. The lowest BCUT2D eigenvalue weighted by atomic mass is 9.97. The van der Waals surface area contributed by atoms with Crippen LogP contribution in [-0.2, 0) is 10.3 Å². The van der Waals surface area contributed by atoms with Crippen LogP contribution < -0.4 is 0 Å². The molecule has 1 fully saturated rings. The van der Waals surface area contributed by atoms with Crippen molar-refractivity contribution in [1.82, 2.24) is 0 Å². The zero-order valence-corrected chi connectivity index (χ0v) is 8.84. The van der Waals surface area contributed by atoms with Gasteiger partial charge in [-0.1, -0.05) is 12.1 Å². The van der Waals surface area contributed by atoms with E-state index in [0.29, 0.717) is 0 Å². The Morgan fingerprint density at radius 3 is 2.62 bits per heavy atom. The molecule has 0 amide bonds. The van der Waals surface area contributed by atoms with Crippen molar-refractivity contribution in [2.45, 2.75) is 31.7 Å². The zero-order chi connectivity index (χ0) is 11.8. The van der Waals surface area contributed by atoms with E-state index in [2.05, 4.69) is 4.99 Å². The number of hydrogen-bond donors (Lipinski definition) is 0. The largest absolute Gasteiger partial charge is 0.263 e. The van der Waals surface area contributed by atoms with E-state index < -0.39 is 12.0 Å². The summed E-state index contributed by atoms with van der Waals surface area (Å²) in [6, 6.07) is 4.51. The fourth-order valence-electron chi connectivity index (χ4n) is 1.92. The minimum absolute atomic E-state index is 0.0204. The van der Waals surface area contributed by atoms with Crippen molar-refractivity contribution in [2.24, 2.45) is 4.99 Å². The van der Waals surface area contributed by atoms with Gasteiger partial charge in [0.05, 0.1) is 5.54 Å². The minimum atomic E-state index is -2.49. The molecular weight excluding hydrogens is 212 g/mol. The molecule has 0 unspecified atom stereocenters. The molecule has 0 aliphatic heterocycles. The van der Waals surface area contributed by atoms with Crippen molar-refractivity contribution >= 4 is 6.08 Å². The maximum atomic E-state index is 12.6. The number of alkyl halides is 2. The van der Waals surface area contributed by atoms with E-state index in [1.807, 2.05) is 6.92 Å². The Morgan fingerprint density at radius 2 is 2.12 bits per heavy atom. The van der Waals surface area contributed by atoms with E-state index in [0.717, 1.165) is 24.0 Å². The van der Waals surface area contributed by atoms with Crippen LogP contribution >= 0.6 is 0 Å². The lowest BCUT2D eigenvalue weighted by molar-refractivity contribution is 0.151. The summed E-state index contributed by atoms with van der Waals surface area (Å²) in [7, 11) is 0. The highest BCUT2D eigenvalue weighted by Gasteiger charge is 2.45. The Hall–Kier alpha value is -1.54. The quantitative estimate of drug-likeness (QED) is 0.571. The molecule has 0 bridgehead atoms. The van der Waals surface area contributed by atoms with Crippen LogP contribution in [0.25, 0.3) is 0 Å². The molecule has 0 spiro atoms. The van der Waals surface area contributed by atoms with E-state index in [9.17, 15) is 13.6 Å². The van der Waals surface area contributed by atoms with Crippen LogP contribution in [0.3, 0.4) is 0 Å². The first kappa shape index (κ1) is 11.0. The van der Waals surface area contributed by atoms with E-state index in [1.54, 1.807) is 6.07 Å². The van der Waals surface area contributed by atoms with Crippen molar-refractivity contribution in [3.8, 4) is 0 Å². The van der Waals surface area contributed by atoms with E-state index in [4.69, 9.17) is 0 Å². The van der Waals surface area contributed by atoms with Gasteiger partial charge in [-0.25, -0.2) is 13.6 Å². The second-order valence-corrected chi connectivity index (χ2v) is 4.11. The molecule has 4 heteroatoms. The van der Waals surface area contributed by atoms with Gasteiger partial charge in [-0.15, -0.1) is 0 Å². The number of nitrogens with zero attached hydrogens (tertiary/aromatic N) is 1. The van der Waals surface area contributed by atoms with Crippen LogP contribution in [0.4, 0.5) is 8.78 Å². The Morgan fingerprint density at radius 1 is 1.44 bits per heavy atom. The van der Waals surface area contributed by atoms with Crippen molar-refractivity contribution < 1.29 is 13.6 Å². The van der Waals surface area contributed by atoms with Gasteiger partial charge < -0.3 is 0 Å². The van der Waals surface area contributed by atoms with Gasteiger partial charge in [-0.2, -0.15) is 4.99 Å². The van der Waals surface area contributed by atoms with Crippen molar-refractivity contribution in [3.05, 3.63) is 34.9 Å². The number of halogens is 2. The predicted octanol–water partition coefficient (Wildman–Crippen LogP) is 3.26. The summed E-state index contributed by atoms with van der Waals surface area (Å²) in [6.07, 6.45) is 0.506. The van der Waals surface area contributed by atoms with E-state index >= 15 is 0 Å². The molecule has 84 valence electrons. The van der Waals surface area contributed by atoms with Gasteiger partial charge in [0, 0.05) is 5.56 Å². The van der Waals surface area contributed by atoms with Crippen LogP contribution in [0.5, 0.6) is 0 Å². The van der Waals surface area contributed by atoms with Crippen molar-refractivity contribution in [2.75, 3.05) is 0 Å². The third-order valence-electron chi connectivity index (χ3n) is 3.00. The molecule has 0 saturated heterocycles. The molecular formula is C12H11F2NO. The molecule has 2 rings (SSSR count). The second kappa shape index (κ2) is 3.80. The van der Waals surface area contributed by atoms with Crippen LogP contribution in [0.1, 0.15) is 36.0 Å². The molecule has 0 atom stereocenters. The number of hydrogen-bond acceptors (Lipinski definition) is 2. The Bertz CT molecular complexity index is 460. The summed E-state index contributed by atoms with van der Waals surface area (Å²) in [5, 5.41) is 0. The van der Waals surface area contributed by atoms with Gasteiger partial charge in [0.15, 0.2) is 0 Å². The average Bonchev–Trinajstić information content (AvgIpc) is 2.99. The highest BCUT2D eigenvalue weighted by Crippen LogP contribution is 2.50. The highest BCUT2D eigenvalue weighted by atomic mass is 19.3. The van der Waals surface area contributed by atoms with Gasteiger partial charge in [0.2, 0.25) is 6.08 Å². The topological polar surface area (TPSA) is 29.4 Å².